The normalized spacial score (nSPS) is 9.95. The first kappa shape index (κ1) is 15.7. The van der Waals surface area contributed by atoms with E-state index in [1.165, 1.54) is 12.1 Å². The Hall–Kier alpha value is -2.32. The molecule has 0 fully saturated rings. The van der Waals surface area contributed by atoms with E-state index in [2.05, 4.69) is 11.2 Å². The SMILES string of the molecule is C#CCNC(=O)c1cc(CO)ccc1OC(=O)C(C)C. The van der Waals surface area contributed by atoms with Crippen molar-refractivity contribution in [3.05, 3.63) is 29.3 Å². The highest BCUT2D eigenvalue weighted by atomic mass is 16.5. The van der Waals surface area contributed by atoms with Crippen molar-refractivity contribution in [3.8, 4) is 18.1 Å². The van der Waals surface area contributed by atoms with Crippen molar-refractivity contribution in [1.82, 2.24) is 5.32 Å². The Labute approximate surface area is 117 Å². The average molecular weight is 275 g/mol. The summed E-state index contributed by atoms with van der Waals surface area (Å²) in [5.74, 6) is 1.23. The summed E-state index contributed by atoms with van der Waals surface area (Å²) in [7, 11) is 0. The molecule has 1 aromatic carbocycles. The third-order valence-electron chi connectivity index (χ3n) is 2.50. The Morgan fingerprint density at radius 2 is 2.15 bits per heavy atom. The minimum Gasteiger partial charge on any atom is -0.425 e. The zero-order valence-electron chi connectivity index (χ0n) is 11.5. The van der Waals surface area contributed by atoms with Gasteiger partial charge in [0.15, 0.2) is 0 Å². The van der Waals surface area contributed by atoms with Crippen molar-refractivity contribution < 1.29 is 19.4 Å². The van der Waals surface area contributed by atoms with E-state index in [4.69, 9.17) is 16.3 Å². The van der Waals surface area contributed by atoms with Gasteiger partial charge in [-0.25, -0.2) is 0 Å². The van der Waals surface area contributed by atoms with Gasteiger partial charge < -0.3 is 15.2 Å². The van der Waals surface area contributed by atoms with E-state index in [-0.39, 0.29) is 30.4 Å². The summed E-state index contributed by atoms with van der Waals surface area (Å²) < 4.78 is 5.17. The zero-order valence-corrected chi connectivity index (χ0v) is 11.5. The fourth-order valence-electron chi connectivity index (χ4n) is 1.39. The number of aliphatic hydroxyl groups is 1. The molecule has 0 aliphatic carbocycles. The monoisotopic (exact) mass is 275 g/mol. The molecule has 0 aliphatic heterocycles. The number of carbonyl (C=O) groups is 2. The average Bonchev–Trinajstić information content (AvgIpc) is 2.44. The van der Waals surface area contributed by atoms with Crippen LogP contribution in [0.4, 0.5) is 0 Å². The molecule has 0 radical (unpaired) electrons. The van der Waals surface area contributed by atoms with Gasteiger partial charge in [-0.2, -0.15) is 0 Å². The standard InChI is InChI=1S/C15H17NO4/c1-4-7-16-14(18)12-8-11(9-17)5-6-13(12)20-15(19)10(2)3/h1,5-6,8,10,17H,7,9H2,2-3H3,(H,16,18). The summed E-state index contributed by atoms with van der Waals surface area (Å²) in [6.07, 6.45) is 5.08. The van der Waals surface area contributed by atoms with Crippen molar-refractivity contribution in [2.75, 3.05) is 6.54 Å². The van der Waals surface area contributed by atoms with Crippen LogP contribution in [0.15, 0.2) is 18.2 Å². The van der Waals surface area contributed by atoms with Crippen molar-refractivity contribution in [3.63, 3.8) is 0 Å². The molecule has 0 heterocycles. The van der Waals surface area contributed by atoms with Gasteiger partial charge in [-0.05, 0) is 17.7 Å². The van der Waals surface area contributed by atoms with Gasteiger partial charge in [0.05, 0.1) is 24.6 Å². The van der Waals surface area contributed by atoms with Crippen LogP contribution in [0.2, 0.25) is 0 Å². The van der Waals surface area contributed by atoms with Crippen molar-refractivity contribution in [2.24, 2.45) is 5.92 Å². The third-order valence-corrected chi connectivity index (χ3v) is 2.50. The Bertz CT molecular complexity index is 543. The lowest BCUT2D eigenvalue weighted by Crippen LogP contribution is -2.25. The molecule has 20 heavy (non-hydrogen) atoms. The van der Waals surface area contributed by atoms with Crippen LogP contribution in [0.3, 0.4) is 0 Å². The number of terminal acetylenes is 1. The number of aliphatic hydroxyl groups excluding tert-OH is 1. The fourth-order valence-corrected chi connectivity index (χ4v) is 1.39. The van der Waals surface area contributed by atoms with Crippen LogP contribution >= 0.6 is 0 Å². The summed E-state index contributed by atoms with van der Waals surface area (Å²) in [5.41, 5.74) is 0.709. The van der Waals surface area contributed by atoms with E-state index in [9.17, 15) is 9.59 Å². The Balaban J connectivity index is 3.07. The van der Waals surface area contributed by atoms with Crippen LogP contribution in [0, 0.1) is 18.3 Å². The van der Waals surface area contributed by atoms with Gasteiger partial charge in [-0.3, -0.25) is 9.59 Å². The molecule has 0 aromatic heterocycles. The second-order valence-corrected chi connectivity index (χ2v) is 4.45. The summed E-state index contributed by atoms with van der Waals surface area (Å²) in [6.45, 7) is 3.25. The maximum Gasteiger partial charge on any atom is 0.313 e. The quantitative estimate of drug-likeness (QED) is 0.479. The van der Waals surface area contributed by atoms with Crippen molar-refractivity contribution >= 4 is 11.9 Å². The number of nitrogens with one attached hydrogen (secondary N) is 1. The van der Waals surface area contributed by atoms with Crippen LogP contribution in [0.5, 0.6) is 5.75 Å². The highest BCUT2D eigenvalue weighted by Crippen LogP contribution is 2.21. The Morgan fingerprint density at radius 1 is 1.45 bits per heavy atom. The maximum absolute atomic E-state index is 12.0. The fraction of sp³-hybridized carbons (Fsp3) is 0.333. The highest BCUT2D eigenvalue weighted by Gasteiger charge is 2.17. The van der Waals surface area contributed by atoms with Crippen LogP contribution < -0.4 is 10.1 Å². The predicted octanol–water partition coefficient (Wildman–Crippen LogP) is 1.10. The molecule has 2 N–H and O–H groups in total. The Morgan fingerprint density at radius 3 is 2.70 bits per heavy atom. The highest BCUT2D eigenvalue weighted by molar-refractivity contribution is 5.98. The van der Waals surface area contributed by atoms with Crippen LogP contribution in [-0.4, -0.2) is 23.5 Å². The Kier molecular flexibility index (Phi) is 5.75. The minimum absolute atomic E-state index is 0.0692. The zero-order chi connectivity index (χ0) is 15.1. The summed E-state index contributed by atoms with van der Waals surface area (Å²) >= 11 is 0. The molecule has 0 spiro atoms. The van der Waals surface area contributed by atoms with E-state index in [0.29, 0.717) is 5.56 Å². The second kappa shape index (κ2) is 7.31. The largest absolute Gasteiger partial charge is 0.425 e. The molecule has 0 atom stereocenters. The molecule has 0 bridgehead atoms. The molecule has 5 nitrogen and oxygen atoms in total. The second-order valence-electron chi connectivity index (χ2n) is 4.45. The van der Waals surface area contributed by atoms with E-state index in [0.717, 1.165) is 0 Å². The smallest absolute Gasteiger partial charge is 0.313 e. The van der Waals surface area contributed by atoms with Gasteiger partial charge in [0.1, 0.15) is 5.75 Å². The van der Waals surface area contributed by atoms with Crippen molar-refractivity contribution in [2.45, 2.75) is 20.5 Å². The number of rotatable bonds is 5. The van der Waals surface area contributed by atoms with Crippen LogP contribution in [0.25, 0.3) is 0 Å². The number of amides is 1. The van der Waals surface area contributed by atoms with E-state index in [1.54, 1.807) is 19.9 Å². The number of esters is 1. The van der Waals surface area contributed by atoms with Gasteiger partial charge in [-0.15, -0.1) is 6.42 Å². The lowest BCUT2D eigenvalue weighted by atomic mass is 10.1. The third kappa shape index (κ3) is 4.11. The molecular formula is C15H17NO4. The minimum atomic E-state index is -0.454. The lowest BCUT2D eigenvalue weighted by Gasteiger charge is -2.12. The molecule has 5 heteroatoms. The number of hydrogen-bond donors (Lipinski definition) is 2. The molecule has 106 valence electrons. The molecule has 1 rings (SSSR count). The molecule has 0 saturated carbocycles. The number of hydrogen-bond acceptors (Lipinski definition) is 4. The molecule has 0 saturated heterocycles. The van der Waals surface area contributed by atoms with Crippen LogP contribution in [0.1, 0.15) is 29.8 Å². The van der Waals surface area contributed by atoms with Gasteiger partial charge in [0.25, 0.3) is 5.91 Å². The molecule has 0 unspecified atom stereocenters. The van der Waals surface area contributed by atoms with Gasteiger partial charge >= 0.3 is 5.97 Å². The van der Waals surface area contributed by atoms with E-state index < -0.39 is 11.9 Å². The predicted molar refractivity (Wildman–Crippen MR) is 74.0 cm³/mol. The number of benzene rings is 1. The van der Waals surface area contributed by atoms with Crippen molar-refractivity contribution in [1.29, 1.82) is 0 Å². The molecule has 1 amide bonds. The lowest BCUT2D eigenvalue weighted by molar-refractivity contribution is -0.137. The number of ether oxygens (including phenoxy) is 1. The summed E-state index contributed by atoms with van der Waals surface area (Å²) in [4.78, 5) is 23.6. The van der Waals surface area contributed by atoms with Gasteiger partial charge in [-0.1, -0.05) is 25.8 Å². The van der Waals surface area contributed by atoms with Crippen LogP contribution in [-0.2, 0) is 11.4 Å². The van der Waals surface area contributed by atoms with E-state index >= 15 is 0 Å². The summed E-state index contributed by atoms with van der Waals surface area (Å²) in [6, 6.07) is 4.53. The molecule has 1 aromatic rings. The number of carbonyl (C=O) groups excluding carboxylic acids is 2. The van der Waals surface area contributed by atoms with E-state index in [1.807, 2.05) is 0 Å². The van der Waals surface area contributed by atoms with Gasteiger partial charge in [0.2, 0.25) is 0 Å². The first-order chi connectivity index (χ1) is 9.49. The first-order valence-corrected chi connectivity index (χ1v) is 6.16. The van der Waals surface area contributed by atoms with Gasteiger partial charge in [0, 0.05) is 0 Å². The molecular weight excluding hydrogens is 258 g/mol. The maximum atomic E-state index is 12.0. The summed E-state index contributed by atoms with van der Waals surface area (Å²) in [5, 5.41) is 11.6. The molecule has 0 aliphatic rings. The topological polar surface area (TPSA) is 75.6 Å². The first-order valence-electron chi connectivity index (χ1n) is 6.16.